The molecule has 1 aromatic heterocycles. The van der Waals surface area contributed by atoms with Crippen molar-refractivity contribution >= 4 is 42.9 Å². The number of sulfonamides is 1. The summed E-state index contributed by atoms with van der Waals surface area (Å²) >= 11 is 0.990. The quantitative estimate of drug-likeness (QED) is 0.782. The van der Waals surface area contributed by atoms with E-state index in [9.17, 15) is 21.6 Å². The second-order valence-electron chi connectivity index (χ2n) is 3.42. The Kier molecular flexibility index (Phi) is 4.35. The summed E-state index contributed by atoms with van der Waals surface area (Å²) in [5.74, 6) is -0.693. The minimum atomic E-state index is -4.07. The highest BCUT2D eigenvalue weighted by atomic mass is 32.3. The molecule has 0 spiro atoms. The Balaban J connectivity index is 2.99. The van der Waals surface area contributed by atoms with Gasteiger partial charge in [0.15, 0.2) is 14.9 Å². The Morgan fingerprint density at radius 3 is 2.50 bits per heavy atom. The van der Waals surface area contributed by atoms with E-state index in [0.717, 1.165) is 24.7 Å². The summed E-state index contributed by atoms with van der Waals surface area (Å²) in [6.45, 7) is 0. The number of hydrogen-bond donors (Lipinski definition) is 1. The number of nitrogens with one attached hydrogen (secondary N) is 1. The molecule has 0 radical (unpaired) electrons. The van der Waals surface area contributed by atoms with Gasteiger partial charge in [0.25, 0.3) is 0 Å². The van der Waals surface area contributed by atoms with Crippen molar-refractivity contribution < 1.29 is 26.4 Å². The number of methoxy groups -OCH3 is 1. The molecule has 1 rings (SSSR count). The highest BCUT2D eigenvalue weighted by Crippen LogP contribution is 2.24. The zero-order valence-corrected chi connectivity index (χ0v) is 12.0. The number of rotatable bonds is 5. The van der Waals surface area contributed by atoms with Crippen LogP contribution < -0.4 is 4.72 Å². The zero-order chi connectivity index (χ0) is 14.0. The van der Waals surface area contributed by atoms with Gasteiger partial charge in [-0.3, -0.25) is 4.72 Å². The van der Waals surface area contributed by atoms with Gasteiger partial charge in [-0.15, -0.1) is 11.3 Å². The van der Waals surface area contributed by atoms with Crippen molar-refractivity contribution in [3.63, 3.8) is 0 Å². The maximum Gasteiger partial charge on any atom is 0.350 e. The van der Waals surface area contributed by atoms with Crippen LogP contribution in [0.15, 0.2) is 11.4 Å². The van der Waals surface area contributed by atoms with Crippen molar-refractivity contribution in [3.05, 3.63) is 16.3 Å². The van der Waals surface area contributed by atoms with E-state index in [1.807, 2.05) is 4.72 Å². The highest BCUT2D eigenvalue weighted by Gasteiger charge is 2.22. The normalized spacial score (nSPS) is 12.1. The molecule has 0 bridgehead atoms. The molecule has 0 atom stereocenters. The van der Waals surface area contributed by atoms with Gasteiger partial charge in [0.05, 0.1) is 12.8 Å². The first-order valence-corrected chi connectivity index (χ1v) is 9.08. The lowest BCUT2D eigenvalue weighted by Crippen LogP contribution is -2.22. The number of hydrogen-bond acceptors (Lipinski definition) is 7. The van der Waals surface area contributed by atoms with Gasteiger partial charge in [0.2, 0.25) is 10.0 Å². The minimum absolute atomic E-state index is 0.00972. The molecular formula is C8H11NO6S3. The van der Waals surface area contributed by atoms with Gasteiger partial charge in [-0.05, 0) is 11.4 Å². The van der Waals surface area contributed by atoms with Crippen molar-refractivity contribution in [2.75, 3.05) is 23.2 Å². The van der Waals surface area contributed by atoms with E-state index in [1.165, 1.54) is 11.4 Å². The first-order valence-electron chi connectivity index (χ1n) is 4.48. The maximum absolute atomic E-state index is 11.5. The summed E-state index contributed by atoms with van der Waals surface area (Å²) in [7, 11) is -6.59. The van der Waals surface area contributed by atoms with E-state index >= 15 is 0 Å². The van der Waals surface area contributed by atoms with Gasteiger partial charge in [-0.1, -0.05) is 0 Å². The fourth-order valence-electron chi connectivity index (χ4n) is 1.12. The highest BCUT2D eigenvalue weighted by molar-refractivity contribution is 8.08. The van der Waals surface area contributed by atoms with Crippen LogP contribution in [0.4, 0.5) is 5.69 Å². The third kappa shape index (κ3) is 4.27. The van der Waals surface area contributed by atoms with Crippen LogP contribution in [0.2, 0.25) is 0 Å². The van der Waals surface area contributed by atoms with Crippen LogP contribution >= 0.6 is 11.3 Å². The topological polar surface area (TPSA) is 107 Å². The van der Waals surface area contributed by atoms with Crippen LogP contribution in [-0.2, 0) is 24.6 Å². The van der Waals surface area contributed by atoms with E-state index in [-0.39, 0.29) is 10.6 Å². The van der Waals surface area contributed by atoms with Gasteiger partial charge in [-0.2, -0.15) is 0 Å². The summed E-state index contributed by atoms with van der Waals surface area (Å²) < 4.78 is 51.5. The third-order valence-electron chi connectivity index (χ3n) is 1.67. The number of esters is 1. The SMILES string of the molecule is COC(=O)c1sccc1NS(=O)(=O)CS(C)(=O)=O. The largest absolute Gasteiger partial charge is 0.465 e. The zero-order valence-electron chi connectivity index (χ0n) is 9.54. The smallest absolute Gasteiger partial charge is 0.350 e. The molecule has 1 heterocycles. The third-order valence-corrected chi connectivity index (χ3v) is 6.05. The number of ether oxygens (including phenoxy) is 1. The first kappa shape index (κ1) is 14.9. The lowest BCUT2D eigenvalue weighted by atomic mass is 10.4. The molecular weight excluding hydrogens is 302 g/mol. The molecule has 0 fully saturated rings. The Morgan fingerprint density at radius 1 is 1.39 bits per heavy atom. The van der Waals surface area contributed by atoms with Crippen molar-refractivity contribution in [3.8, 4) is 0 Å². The summed E-state index contributed by atoms with van der Waals surface area (Å²) in [6, 6.07) is 1.36. The molecule has 1 aromatic rings. The molecule has 10 heteroatoms. The Bertz CT molecular complexity index is 642. The molecule has 0 unspecified atom stereocenters. The Labute approximate surface area is 109 Å². The molecule has 18 heavy (non-hydrogen) atoms. The van der Waals surface area contributed by atoms with E-state index in [1.54, 1.807) is 0 Å². The number of thiophene rings is 1. The molecule has 0 saturated carbocycles. The second-order valence-corrected chi connectivity index (χ2v) is 8.56. The molecule has 0 aliphatic heterocycles. The summed E-state index contributed by atoms with van der Waals surface area (Å²) in [6.07, 6.45) is 0.807. The van der Waals surface area contributed by atoms with Crippen LogP contribution in [0.5, 0.6) is 0 Å². The van der Waals surface area contributed by atoms with Gasteiger partial charge in [0, 0.05) is 6.26 Å². The lowest BCUT2D eigenvalue weighted by Gasteiger charge is -2.06. The van der Waals surface area contributed by atoms with Crippen LogP contribution in [0.3, 0.4) is 0 Å². The van der Waals surface area contributed by atoms with Crippen LogP contribution in [0.25, 0.3) is 0 Å². The summed E-state index contributed by atoms with van der Waals surface area (Å²) in [5.41, 5.74) is 0.00972. The molecule has 102 valence electrons. The standard InChI is InChI=1S/C8H11NO6S3/c1-15-8(10)7-6(3-4-16-7)9-18(13,14)5-17(2,11)12/h3-4,9H,5H2,1-2H3. The average Bonchev–Trinajstić information content (AvgIpc) is 2.59. The molecule has 1 N–H and O–H groups in total. The van der Waals surface area contributed by atoms with Crippen molar-refractivity contribution in [1.29, 1.82) is 0 Å². The Hall–Kier alpha value is -1.13. The average molecular weight is 313 g/mol. The number of anilines is 1. The molecule has 0 aliphatic rings. The van der Waals surface area contributed by atoms with Crippen molar-refractivity contribution in [2.45, 2.75) is 0 Å². The van der Waals surface area contributed by atoms with Crippen LogP contribution in [0, 0.1) is 0 Å². The monoisotopic (exact) mass is 313 g/mol. The predicted octanol–water partition coefficient (Wildman–Crippen LogP) is 0.279. The van der Waals surface area contributed by atoms with E-state index < -0.39 is 30.9 Å². The van der Waals surface area contributed by atoms with Crippen LogP contribution in [0.1, 0.15) is 9.67 Å². The Morgan fingerprint density at radius 2 is 2.00 bits per heavy atom. The van der Waals surface area contributed by atoms with Gasteiger partial charge >= 0.3 is 5.97 Å². The van der Waals surface area contributed by atoms with E-state index in [0.29, 0.717) is 0 Å². The maximum atomic E-state index is 11.5. The number of carbonyl (C=O) groups is 1. The lowest BCUT2D eigenvalue weighted by molar-refractivity contribution is 0.0607. The van der Waals surface area contributed by atoms with Gasteiger partial charge in [0.1, 0.15) is 4.88 Å². The predicted molar refractivity (Wildman–Crippen MR) is 67.9 cm³/mol. The fraction of sp³-hybridized carbons (Fsp3) is 0.375. The van der Waals surface area contributed by atoms with Crippen molar-refractivity contribution in [2.24, 2.45) is 0 Å². The van der Waals surface area contributed by atoms with Crippen LogP contribution in [-0.4, -0.2) is 41.3 Å². The fourth-order valence-corrected chi connectivity index (χ4v) is 4.95. The molecule has 7 nitrogen and oxygen atoms in total. The second kappa shape index (κ2) is 5.24. The van der Waals surface area contributed by atoms with Gasteiger partial charge in [-0.25, -0.2) is 21.6 Å². The number of sulfone groups is 1. The van der Waals surface area contributed by atoms with E-state index in [2.05, 4.69) is 4.74 Å². The minimum Gasteiger partial charge on any atom is -0.465 e. The summed E-state index contributed by atoms with van der Waals surface area (Å²) in [5, 5.41) is 0.445. The first-order chi connectivity index (χ1) is 8.14. The molecule has 0 amide bonds. The molecule has 0 aromatic carbocycles. The van der Waals surface area contributed by atoms with Gasteiger partial charge < -0.3 is 4.74 Å². The number of carbonyl (C=O) groups excluding carboxylic acids is 1. The molecule has 0 saturated heterocycles. The van der Waals surface area contributed by atoms with E-state index in [4.69, 9.17) is 0 Å². The molecule has 0 aliphatic carbocycles. The van der Waals surface area contributed by atoms with Crippen molar-refractivity contribution in [1.82, 2.24) is 0 Å². The summed E-state index contributed by atoms with van der Waals surface area (Å²) in [4.78, 5) is 11.4.